The van der Waals surface area contributed by atoms with Crippen LogP contribution in [0.1, 0.15) is 43.7 Å². The fraction of sp³-hybridized carbons (Fsp3) is 0.457. The number of hydrogen-bond acceptors (Lipinski definition) is 10. The highest BCUT2D eigenvalue weighted by Gasteiger charge is 2.34. The highest BCUT2D eigenvalue weighted by atomic mass is 35.5. The zero-order chi connectivity index (χ0) is 33.2. The van der Waals surface area contributed by atoms with Crippen LogP contribution in [0.2, 0.25) is 5.02 Å². The van der Waals surface area contributed by atoms with Crippen LogP contribution in [-0.4, -0.2) is 90.7 Å². The summed E-state index contributed by atoms with van der Waals surface area (Å²) in [4.78, 5) is 35.1. The molecule has 0 radical (unpaired) electrons. The van der Waals surface area contributed by atoms with Crippen LogP contribution in [0.5, 0.6) is 5.75 Å². The van der Waals surface area contributed by atoms with Crippen LogP contribution in [0, 0.1) is 5.82 Å². The molecule has 254 valence electrons. The van der Waals surface area contributed by atoms with E-state index in [0.717, 1.165) is 56.3 Å². The minimum Gasteiger partial charge on any atom is -0.494 e. The van der Waals surface area contributed by atoms with Gasteiger partial charge >= 0.3 is 0 Å². The quantitative estimate of drug-likeness (QED) is 0.257. The Bertz CT molecular complexity index is 1640. The minimum absolute atomic E-state index is 0.0610. The first-order valence-corrected chi connectivity index (χ1v) is 17.1. The van der Waals surface area contributed by atoms with E-state index in [2.05, 4.69) is 41.9 Å². The second-order valence-corrected chi connectivity index (χ2v) is 13.2. The zero-order valence-corrected chi connectivity index (χ0v) is 28.0. The topological polar surface area (TPSA) is 98.3 Å². The SMILES string of the molecule is C=CC(=O)Nc1cc(Nc2cc(N3OCCC3c3ccc(F)c(Cl)c3)ncn2)c(OC)cc1N1CCC(N2CCN(C3CC3)CC2)CC1. The number of piperidine rings is 1. The summed E-state index contributed by atoms with van der Waals surface area (Å²) in [5.74, 6) is 0.879. The van der Waals surface area contributed by atoms with Gasteiger partial charge in [-0.3, -0.25) is 19.4 Å². The lowest BCUT2D eigenvalue weighted by molar-refractivity contribution is -0.111. The van der Waals surface area contributed by atoms with Crippen LogP contribution in [-0.2, 0) is 9.63 Å². The van der Waals surface area contributed by atoms with E-state index < -0.39 is 5.82 Å². The molecule has 7 rings (SSSR count). The number of ether oxygens (including phenoxy) is 1. The molecule has 1 atom stereocenters. The Kier molecular flexibility index (Phi) is 9.67. The normalized spacial score (nSPS) is 20.9. The molecule has 3 saturated heterocycles. The molecular formula is C35H42ClFN8O3. The van der Waals surface area contributed by atoms with Crippen molar-refractivity contribution in [2.75, 3.05) is 73.6 Å². The van der Waals surface area contributed by atoms with Crippen molar-refractivity contribution >= 4 is 46.2 Å². The number of piperazine rings is 1. The maximum atomic E-state index is 13.8. The lowest BCUT2D eigenvalue weighted by atomic mass is 10.0. The van der Waals surface area contributed by atoms with E-state index in [0.29, 0.717) is 47.8 Å². The largest absolute Gasteiger partial charge is 0.494 e. The molecule has 4 aliphatic rings. The molecule has 3 aliphatic heterocycles. The minimum atomic E-state index is -0.467. The third-order valence-corrected chi connectivity index (χ3v) is 10.2. The van der Waals surface area contributed by atoms with Gasteiger partial charge in [0.25, 0.3) is 0 Å². The standard InChI is InChI=1S/C35H42ClFN8O3/c1-3-35(46)41-28-19-29(40-33-21-34(39-22-38-33)45-30(10-17-48-45)23-4-7-27(37)26(36)18-23)32(47-2)20-31(28)44-11-8-25(9-12-44)43-15-13-42(14-16-43)24-5-6-24/h3-4,7,18-22,24-25,30H,1,5-6,8-17H2,2H3,(H,41,46)(H,38,39,40). The zero-order valence-electron chi connectivity index (χ0n) is 27.2. The van der Waals surface area contributed by atoms with E-state index in [1.807, 2.05) is 12.1 Å². The van der Waals surface area contributed by atoms with Crippen molar-refractivity contribution in [1.29, 1.82) is 0 Å². The smallest absolute Gasteiger partial charge is 0.247 e. The van der Waals surface area contributed by atoms with Gasteiger partial charge in [-0.25, -0.2) is 19.4 Å². The molecule has 1 aromatic heterocycles. The Morgan fingerprint density at radius 1 is 0.979 bits per heavy atom. The van der Waals surface area contributed by atoms with Crippen molar-refractivity contribution in [3.63, 3.8) is 0 Å². The molecule has 4 heterocycles. The number of nitrogens with zero attached hydrogens (tertiary/aromatic N) is 6. The van der Waals surface area contributed by atoms with Crippen molar-refractivity contribution < 1.29 is 18.8 Å². The lowest BCUT2D eigenvalue weighted by Gasteiger charge is -2.43. The molecule has 4 fully saturated rings. The van der Waals surface area contributed by atoms with E-state index in [1.165, 1.54) is 44.4 Å². The number of halogens is 2. The van der Waals surface area contributed by atoms with Gasteiger partial charge in [0, 0.05) is 69.9 Å². The molecule has 2 N–H and O–H groups in total. The number of hydroxylamine groups is 1. The highest BCUT2D eigenvalue weighted by Crippen LogP contribution is 2.41. The number of carbonyl (C=O) groups excluding carboxylic acids is 1. The molecule has 1 saturated carbocycles. The van der Waals surface area contributed by atoms with Crippen LogP contribution in [0.25, 0.3) is 0 Å². The van der Waals surface area contributed by atoms with Crippen molar-refractivity contribution in [3.8, 4) is 5.75 Å². The summed E-state index contributed by atoms with van der Waals surface area (Å²) >= 11 is 6.08. The third kappa shape index (κ3) is 7.07. The lowest BCUT2D eigenvalue weighted by Crippen LogP contribution is -2.53. The number of anilines is 5. The number of methoxy groups -OCH3 is 1. The number of benzene rings is 2. The van der Waals surface area contributed by atoms with E-state index >= 15 is 0 Å². The van der Waals surface area contributed by atoms with E-state index in [-0.39, 0.29) is 17.0 Å². The highest BCUT2D eigenvalue weighted by molar-refractivity contribution is 6.30. The van der Waals surface area contributed by atoms with Gasteiger partial charge in [-0.05, 0) is 55.5 Å². The van der Waals surface area contributed by atoms with Gasteiger partial charge in [-0.1, -0.05) is 24.2 Å². The predicted octanol–water partition coefficient (Wildman–Crippen LogP) is 5.78. The van der Waals surface area contributed by atoms with Crippen LogP contribution < -0.4 is 25.3 Å². The van der Waals surface area contributed by atoms with Gasteiger partial charge in [-0.15, -0.1) is 0 Å². The third-order valence-electron chi connectivity index (χ3n) is 9.87. The maximum Gasteiger partial charge on any atom is 0.247 e. The first kappa shape index (κ1) is 32.6. The van der Waals surface area contributed by atoms with E-state index in [9.17, 15) is 9.18 Å². The van der Waals surface area contributed by atoms with Gasteiger partial charge in [0.2, 0.25) is 5.91 Å². The van der Waals surface area contributed by atoms with Crippen molar-refractivity contribution in [3.05, 3.63) is 71.8 Å². The number of rotatable bonds is 10. The first-order valence-electron chi connectivity index (χ1n) is 16.7. The molecular weight excluding hydrogens is 635 g/mol. The molecule has 11 nitrogen and oxygen atoms in total. The Labute approximate surface area is 285 Å². The Morgan fingerprint density at radius 3 is 2.38 bits per heavy atom. The Balaban J connectivity index is 1.08. The van der Waals surface area contributed by atoms with Crippen LogP contribution in [0.15, 0.2) is 55.4 Å². The molecule has 1 aliphatic carbocycles. The van der Waals surface area contributed by atoms with Gasteiger partial charge < -0.3 is 20.3 Å². The fourth-order valence-corrected chi connectivity index (χ4v) is 7.34. The molecule has 13 heteroatoms. The second kappa shape index (κ2) is 14.3. The van der Waals surface area contributed by atoms with Gasteiger partial charge in [0.1, 0.15) is 23.7 Å². The molecule has 1 unspecified atom stereocenters. The average Bonchev–Trinajstić information content (AvgIpc) is 3.85. The summed E-state index contributed by atoms with van der Waals surface area (Å²) in [5, 5.41) is 8.12. The number of aromatic nitrogens is 2. The van der Waals surface area contributed by atoms with Crippen LogP contribution in [0.4, 0.5) is 33.1 Å². The summed E-state index contributed by atoms with van der Waals surface area (Å²) in [5.41, 5.74) is 3.01. The van der Waals surface area contributed by atoms with Crippen LogP contribution >= 0.6 is 11.6 Å². The summed E-state index contributed by atoms with van der Waals surface area (Å²) in [6.07, 6.45) is 8.26. The van der Waals surface area contributed by atoms with Gasteiger partial charge in [0.05, 0.1) is 41.8 Å². The van der Waals surface area contributed by atoms with E-state index in [1.54, 1.807) is 30.4 Å². The van der Waals surface area contributed by atoms with Crippen molar-refractivity contribution in [2.24, 2.45) is 0 Å². The predicted molar refractivity (Wildman–Crippen MR) is 186 cm³/mol. The van der Waals surface area contributed by atoms with Crippen molar-refractivity contribution in [2.45, 2.75) is 50.2 Å². The molecule has 0 spiro atoms. The second-order valence-electron chi connectivity index (χ2n) is 12.8. The monoisotopic (exact) mass is 676 g/mol. The van der Waals surface area contributed by atoms with Gasteiger partial charge in [-0.2, -0.15) is 0 Å². The summed E-state index contributed by atoms with van der Waals surface area (Å²) in [6, 6.07) is 11.5. The number of carbonyl (C=O) groups is 1. The summed E-state index contributed by atoms with van der Waals surface area (Å²) < 4.78 is 19.7. The Hall–Kier alpha value is -3.97. The summed E-state index contributed by atoms with van der Waals surface area (Å²) in [6.45, 7) is 10.5. The number of amides is 1. The fourth-order valence-electron chi connectivity index (χ4n) is 7.15. The van der Waals surface area contributed by atoms with Crippen molar-refractivity contribution in [1.82, 2.24) is 19.8 Å². The van der Waals surface area contributed by atoms with E-state index in [4.69, 9.17) is 21.2 Å². The Morgan fingerprint density at radius 2 is 1.71 bits per heavy atom. The average molecular weight is 677 g/mol. The van der Waals surface area contributed by atoms with Gasteiger partial charge in [0.15, 0.2) is 5.82 Å². The molecule has 48 heavy (non-hydrogen) atoms. The first-order chi connectivity index (χ1) is 23.4. The number of nitrogens with one attached hydrogen (secondary N) is 2. The maximum absolute atomic E-state index is 13.8. The summed E-state index contributed by atoms with van der Waals surface area (Å²) in [7, 11) is 1.63. The number of hydrogen-bond donors (Lipinski definition) is 2. The van der Waals surface area contributed by atoms with Crippen LogP contribution in [0.3, 0.4) is 0 Å². The molecule has 1 amide bonds. The molecule has 2 aromatic carbocycles. The molecule has 3 aromatic rings. The molecule has 0 bridgehead atoms.